The van der Waals surface area contributed by atoms with Gasteiger partial charge >= 0.3 is 0 Å². The quantitative estimate of drug-likeness (QED) is 0.763. The summed E-state index contributed by atoms with van der Waals surface area (Å²) in [5.41, 5.74) is 0.801. The Morgan fingerprint density at radius 3 is 2.79 bits per heavy atom. The van der Waals surface area contributed by atoms with E-state index >= 15 is 0 Å². The van der Waals surface area contributed by atoms with Gasteiger partial charge in [0.1, 0.15) is 12.4 Å². The number of ether oxygens (including phenoxy) is 1. The molecule has 150 valence electrons. The lowest BCUT2D eigenvalue weighted by atomic mass is 9.92. The van der Waals surface area contributed by atoms with Gasteiger partial charge in [-0.25, -0.2) is 0 Å². The standard InChI is InChI=1S/C22H28N2O3S/c1-15(2)9-10-24-18-12-16(23-20(25)13-17-6-5-11-28-17)7-8-19(18)27-14-22(3,4)21(24)26/h5-8,11-12,15H,9-10,13-14H2,1-4H3,(H,23,25). The molecule has 0 spiro atoms. The topological polar surface area (TPSA) is 58.6 Å². The monoisotopic (exact) mass is 400 g/mol. The first kappa shape index (κ1) is 20.4. The Hall–Kier alpha value is -2.34. The number of nitrogens with zero attached hydrogens (tertiary/aromatic N) is 1. The van der Waals surface area contributed by atoms with Crippen LogP contribution >= 0.6 is 11.3 Å². The lowest BCUT2D eigenvalue weighted by Gasteiger charge is -2.28. The Kier molecular flexibility index (Phi) is 6.08. The third kappa shape index (κ3) is 4.73. The minimum Gasteiger partial charge on any atom is -0.490 e. The van der Waals surface area contributed by atoms with Crippen molar-refractivity contribution in [1.29, 1.82) is 0 Å². The first-order chi connectivity index (χ1) is 13.3. The Balaban J connectivity index is 1.85. The third-order valence-electron chi connectivity index (χ3n) is 4.79. The number of fused-ring (bicyclic) bond motifs is 1. The van der Waals surface area contributed by atoms with Gasteiger partial charge in [0.2, 0.25) is 11.8 Å². The molecule has 2 heterocycles. The van der Waals surface area contributed by atoms with Gasteiger partial charge in [-0.15, -0.1) is 11.3 Å². The van der Waals surface area contributed by atoms with Crippen LogP contribution in [0.4, 0.5) is 11.4 Å². The molecule has 0 radical (unpaired) electrons. The van der Waals surface area contributed by atoms with Crippen LogP contribution in [0.25, 0.3) is 0 Å². The van der Waals surface area contributed by atoms with E-state index in [0.29, 0.717) is 36.9 Å². The first-order valence-electron chi connectivity index (χ1n) is 9.67. The Bertz CT molecular complexity index is 843. The molecule has 1 aliphatic rings. The molecule has 3 rings (SSSR count). The number of benzene rings is 1. The molecule has 0 atom stereocenters. The number of carbonyl (C=O) groups is 2. The van der Waals surface area contributed by atoms with Gasteiger partial charge in [0.25, 0.3) is 0 Å². The van der Waals surface area contributed by atoms with E-state index in [2.05, 4.69) is 19.2 Å². The summed E-state index contributed by atoms with van der Waals surface area (Å²) in [4.78, 5) is 28.3. The van der Waals surface area contributed by atoms with Crippen molar-refractivity contribution < 1.29 is 14.3 Å². The van der Waals surface area contributed by atoms with Crippen LogP contribution in [0.1, 0.15) is 39.0 Å². The number of carbonyl (C=O) groups excluding carboxylic acids is 2. The second-order valence-corrected chi connectivity index (χ2v) is 9.33. The maximum Gasteiger partial charge on any atom is 0.236 e. The summed E-state index contributed by atoms with van der Waals surface area (Å²) in [5.74, 6) is 1.14. The van der Waals surface area contributed by atoms with Crippen molar-refractivity contribution >= 4 is 34.5 Å². The zero-order chi connectivity index (χ0) is 20.3. The molecule has 6 heteroatoms. The smallest absolute Gasteiger partial charge is 0.236 e. The molecule has 1 aromatic heterocycles. The highest BCUT2D eigenvalue weighted by atomic mass is 32.1. The van der Waals surface area contributed by atoms with E-state index < -0.39 is 5.41 Å². The van der Waals surface area contributed by atoms with Crippen molar-refractivity contribution in [3.63, 3.8) is 0 Å². The summed E-state index contributed by atoms with van der Waals surface area (Å²) < 4.78 is 5.94. The van der Waals surface area contributed by atoms with Crippen molar-refractivity contribution in [2.24, 2.45) is 11.3 Å². The van der Waals surface area contributed by atoms with Crippen molar-refractivity contribution in [1.82, 2.24) is 0 Å². The lowest BCUT2D eigenvalue weighted by Crippen LogP contribution is -2.42. The van der Waals surface area contributed by atoms with Crippen LogP contribution in [0.15, 0.2) is 35.7 Å². The van der Waals surface area contributed by atoms with E-state index in [1.165, 1.54) is 0 Å². The van der Waals surface area contributed by atoms with Crippen LogP contribution < -0.4 is 15.0 Å². The highest BCUT2D eigenvalue weighted by molar-refractivity contribution is 7.10. The number of amides is 2. The van der Waals surface area contributed by atoms with Gasteiger partial charge in [0.15, 0.2) is 0 Å². The molecule has 1 aliphatic heterocycles. The van der Waals surface area contributed by atoms with Gasteiger partial charge in [-0.1, -0.05) is 19.9 Å². The van der Waals surface area contributed by atoms with Gasteiger partial charge < -0.3 is 15.0 Å². The van der Waals surface area contributed by atoms with Crippen LogP contribution in [0, 0.1) is 11.3 Å². The Labute approximate surface area is 170 Å². The predicted molar refractivity (Wildman–Crippen MR) is 114 cm³/mol. The molecule has 2 aromatic rings. The summed E-state index contributed by atoms with van der Waals surface area (Å²) >= 11 is 1.56. The molecule has 1 aromatic carbocycles. The average molecular weight is 401 g/mol. The normalized spacial score (nSPS) is 15.8. The molecule has 0 unspecified atom stereocenters. The fraction of sp³-hybridized carbons (Fsp3) is 0.455. The zero-order valence-corrected chi connectivity index (χ0v) is 17.8. The fourth-order valence-corrected chi connectivity index (χ4v) is 3.81. The van der Waals surface area contributed by atoms with Crippen LogP contribution in [0.3, 0.4) is 0 Å². The van der Waals surface area contributed by atoms with Crippen molar-refractivity contribution in [3.05, 3.63) is 40.6 Å². The largest absolute Gasteiger partial charge is 0.490 e. The molecule has 0 bridgehead atoms. The Morgan fingerprint density at radius 1 is 1.32 bits per heavy atom. The summed E-state index contributed by atoms with van der Waals surface area (Å²) in [7, 11) is 0. The average Bonchev–Trinajstić information content (AvgIpc) is 3.10. The SMILES string of the molecule is CC(C)CCN1C(=O)C(C)(C)COc2ccc(NC(=O)Cc3cccs3)cc21. The number of thiophene rings is 1. The first-order valence-corrected chi connectivity index (χ1v) is 10.6. The molecule has 28 heavy (non-hydrogen) atoms. The fourth-order valence-electron chi connectivity index (χ4n) is 3.11. The van der Waals surface area contributed by atoms with E-state index in [1.807, 2.05) is 54.5 Å². The molecule has 1 N–H and O–H groups in total. The maximum atomic E-state index is 13.1. The van der Waals surface area contributed by atoms with E-state index in [1.54, 1.807) is 11.3 Å². The van der Waals surface area contributed by atoms with E-state index in [0.717, 1.165) is 17.0 Å². The van der Waals surface area contributed by atoms with E-state index in [9.17, 15) is 9.59 Å². The van der Waals surface area contributed by atoms with Gasteiger partial charge in [0, 0.05) is 17.1 Å². The van der Waals surface area contributed by atoms with E-state index in [4.69, 9.17) is 4.74 Å². The number of nitrogens with one attached hydrogen (secondary N) is 1. The van der Waals surface area contributed by atoms with Crippen LogP contribution in [-0.2, 0) is 16.0 Å². The van der Waals surface area contributed by atoms with Crippen LogP contribution in [0.2, 0.25) is 0 Å². The predicted octanol–water partition coefficient (Wildman–Crippen LogP) is 4.73. The second kappa shape index (κ2) is 8.35. The second-order valence-electron chi connectivity index (χ2n) is 8.30. The zero-order valence-electron chi connectivity index (χ0n) is 17.0. The molecule has 2 amide bonds. The summed E-state index contributed by atoms with van der Waals surface area (Å²) in [6, 6.07) is 9.40. The van der Waals surface area contributed by atoms with Crippen LogP contribution in [0.5, 0.6) is 5.75 Å². The molecule has 5 nitrogen and oxygen atoms in total. The van der Waals surface area contributed by atoms with E-state index in [-0.39, 0.29) is 11.8 Å². The summed E-state index contributed by atoms with van der Waals surface area (Å²) in [6.07, 6.45) is 1.24. The number of rotatable bonds is 6. The molecular formula is C22H28N2O3S. The van der Waals surface area contributed by atoms with Crippen molar-refractivity contribution in [2.75, 3.05) is 23.4 Å². The molecule has 0 aliphatic carbocycles. The number of anilines is 2. The summed E-state index contributed by atoms with van der Waals surface area (Å²) in [6.45, 7) is 9.07. The van der Waals surface area contributed by atoms with Gasteiger partial charge in [0.05, 0.1) is 17.5 Å². The highest BCUT2D eigenvalue weighted by Gasteiger charge is 2.37. The minimum atomic E-state index is -0.599. The molecule has 0 saturated carbocycles. The number of hydrogen-bond donors (Lipinski definition) is 1. The highest BCUT2D eigenvalue weighted by Crippen LogP contribution is 2.38. The minimum absolute atomic E-state index is 0.0500. The van der Waals surface area contributed by atoms with Crippen molar-refractivity contribution in [3.8, 4) is 5.75 Å². The van der Waals surface area contributed by atoms with Gasteiger partial charge in [-0.3, -0.25) is 9.59 Å². The molecule has 0 fully saturated rings. The molecule has 0 saturated heterocycles. The van der Waals surface area contributed by atoms with Crippen molar-refractivity contribution in [2.45, 2.75) is 40.5 Å². The summed E-state index contributed by atoms with van der Waals surface area (Å²) in [5, 5.41) is 4.91. The third-order valence-corrected chi connectivity index (χ3v) is 5.67. The number of hydrogen-bond acceptors (Lipinski definition) is 4. The van der Waals surface area contributed by atoms with Gasteiger partial charge in [-0.05, 0) is 55.8 Å². The van der Waals surface area contributed by atoms with Crippen LogP contribution in [-0.4, -0.2) is 25.0 Å². The lowest BCUT2D eigenvalue weighted by molar-refractivity contribution is -0.127. The van der Waals surface area contributed by atoms with Gasteiger partial charge in [-0.2, -0.15) is 0 Å². The Morgan fingerprint density at radius 2 is 2.11 bits per heavy atom. The maximum absolute atomic E-state index is 13.1. The molecular weight excluding hydrogens is 372 g/mol.